The molecule has 0 aliphatic carbocycles. The van der Waals surface area contributed by atoms with E-state index in [0.29, 0.717) is 46.4 Å². The summed E-state index contributed by atoms with van der Waals surface area (Å²) >= 11 is 0. The minimum Gasteiger partial charge on any atom is -0.504 e. The van der Waals surface area contributed by atoms with Crippen molar-refractivity contribution in [3.8, 4) is 23.0 Å². The number of phenols is 1. The fraction of sp³-hybridized carbons (Fsp3) is 0.167. The summed E-state index contributed by atoms with van der Waals surface area (Å²) in [5, 5.41) is 13.2. The van der Waals surface area contributed by atoms with Gasteiger partial charge in [0, 0.05) is 29.5 Å². The van der Waals surface area contributed by atoms with Crippen LogP contribution >= 0.6 is 0 Å². The van der Waals surface area contributed by atoms with Gasteiger partial charge in [0.05, 0.1) is 26.5 Å². The zero-order chi connectivity index (χ0) is 22.2. The van der Waals surface area contributed by atoms with Gasteiger partial charge in [0.1, 0.15) is 17.2 Å². The Balaban J connectivity index is 1.91. The zero-order valence-corrected chi connectivity index (χ0v) is 17.6. The van der Waals surface area contributed by atoms with E-state index in [1.807, 2.05) is 13.0 Å². The third-order valence-electron chi connectivity index (χ3n) is 4.46. The van der Waals surface area contributed by atoms with E-state index < -0.39 is 0 Å². The summed E-state index contributed by atoms with van der Waals surface area (Å²) in [7, 11) is 3.02. The fourth-order valence-electron chi connectivity index (χ4n) is 2.92. The number of para-hydroxylation sites is 1. The van der Waals surface area contributed by atoms with Crippen LogP contribution in [0.4, 0.5) is 11.4 Å². The number of carbonyl (C=O) groups is 1. The van der Waals surface area contributed by atoms with Crippen molar-refractivity contribution in [3.63, 3.8) is 0 Å². The van der Waals surface area contributed by atoms with Crippen LogP contribution in [0.1, 0.15) is 22.8 Å². The topological polar surface area (TPSA) is 89.4 Å². The number of phenolic OH excluding ortho intramolecular Hbond substituents is 1. The molecule has 7 heteroatoms. The number of amides is 1. The lowest BCUT2D eigenvalue weighted by Gasteiger charge is -2.14. The molecular weight excluding hydrogens is 396 g/mol. The van der Waals surface area contributed by atoms with E-state index in [2.05, 4.69) is 10.3 Å². The SMILES string of the molecule is CCOc1cccc(C=Nc2cc(OC)c(NC(=O)c3ccccc3)cc2OC)c1O. The number of methoxy groups -OCH3 is 2. The Labute approximate surface area is 180 Å². The molecule has 160 valence electrons. The van der Waals surface area contributed by atoms with Crippen LogP contribution < -0.4 is 19.5 Å². The van der Waals surface area contributed by atoms with Crippen molar-refractivity contribution in [1.29, 1.82) is 0 Å². The first-order valence-electron chi connectivity index (χ1n) is 9.68. The normalized spacial score (nSPS) is 10.7. The van der Waals surface area contributed by atoms with Crippen LogP contribution in [0.3, 0.4) is 0 Å². The molecule has 0 saturated heterocycles. The van der Waals surface area contributed by atoms with Crippen LogP contribution in [0.15, 0.2) is 65.7 Å². The van der Waals surface area contributed by atoms with E-state index in [4.69, 9.17) is 14.2 Å². The van der Waals surface area contributed by atoms with Crippen molar-refractivity contribution in [2.75, 3.05) is 26.1 Å². The smallest absolute Gasteiger partial charge is 0.255 e. The van der Waals surface area contributed by atoms with Gasteiger partial charge in [-0.3, -0.25) is 9.79 Å². The predicted molar refractivity (Wildman–Crippen MR) is 120 cm³/mol. The van der Waals surface area contributed by atoms with Crippen LogP contribution in [-0.2, 0) is 0 Å². The molecule has 0 aliphatic heterocycles. The number of rotatable bonds is 8. The molecule has 1 amide bonds. The van der Waals surface area contributed by atoms with Crippen molar-refractivity contribution in [2.24, 2.45) is 4.99 Å². The molecule has 3 aromatic rings. The lowest BCUT2D eigenvalue weighted by atomic mass is 10.2. The Morgan fingerprint density at radius 2 is 1.74 bits per heavy atom. The number of ether oxygens (including phenoxy) is 3. The van der Waals surface area contributed by atoms with Gasteiger partial charge in [0.15, 0.2) is 11.5 Å². The number of carbonyl (C=O) groups excluding carboxylic acids is 1. The van der Waals surface area contributed by atoms with Gasteiger partial charge < -0.3 is 24.6 Å². The second kappa shape index (κ2) is 10.2. The Bertz CT molecular complexity index is 1080. The Kier molecular flexibility index (Phi) is 7.11. The van der Waals surface area contributed by atoms with Gasteiger partial charge in [0.25, 0.3) is 5.91 Å². The molecule has 0 unspecified atom stereocenters. The van der Waals surface area contributed by atoms with Crippen LogP contribution in [0.2, 0.25) is 0 Å². The molecular formula is C24H24N2O5. The van der Waals surface area contributed by atoms with E-state index in [0.717, 1.165) is 0 Å². The maximum absolute atomic E-state index is 12.5. The van der Waals surface area contributed by atoms with E-state index in [9.17, 15) is 9.90 Å². The van der Waals surface area contributed by atoms with Crippen molar-refractivity contribution in [3.05, 3.63) is 71.8 Å². The quantitative estimate of drug-likeness (QED) is 0.511. The largest absolute Gasteiger partial charge is 0.504 e. The van der Waals surface area contributed by atoms with E-state index in [1.165, 1.54) is 20.4 Å². The maximum atomic E-state index is 12.5. The summed E-state index contributed by atoms with van der Waals surface area (Å²) in [6, 6.07) is 17.3. The predicted octanol–water partition coefficient (Wildman–Crippen LogP) is 4.81. The number of hydrogen-bond acceptors (Lipinski definition) is 6. The summed E-state index contributed by atoms with van der Waals surface area (Å²) in [5.41, 5.74) is 1.94. The van der Waals surface area contributed by atoms with Crippen LogP contribution in [-0.4, -0.2) is 38.1 Å². The molecule has 0 atom stereocenters. The first kappa shape index (κ1) is 21.7. The number of anilines is 1. The molecule has 0 saturated carbocycles. The lowest BCUT2D eigenvalue weighted by Crippen LogP contribution is -2.12. The fourth-order valence-corrected chi connectivity index (χ4v) is 2.92. The molecule has 31 heavy (non-hydrogen) atoms. The summed E-state index contributed by atoms with van der Waals surface area (Å²) in [4.78, 5) is 17.0. The average Bonchev–Trinajstić information content (AvgIpc) is 2.80. The monoisotopic (exact) mass is 420 g/mol. The van der Waals surface area contributed by atoms with Gasteiger partial charge in [-0.2, -0.15) is 0 Å². The van der Waals surface area contributed by atoms with Gasteiger partial charge in [-0.1, -0.05) is 24.3 Å². The molecule has 0 heterocycles. The highest BCUT2D eigenvalue weighted by Gasteiger charge is 2.14. The third-order valence-corrected chi connectivity index (χ3v) is 4.46. The number of nitrogens with one attached hydrogen (secondary N) is 1. The highest BCUT2D eigenvalue weighted by molar-refractivity contribution is 6.05. The molecule has 0 fully saturated rings. The highest BCUT2D eigenvalue weighted by Crippen LogP contribution is 2.38. The van der Waals surface area contributed by atoms with Gasteiger partial charge in [-0.05, 0) is 31.2 Å². The minimum atomic E-state index is -0.269. The van der Waals surface area contributed by atoms with Crippen LogP contribution in [0, 0.1) is 0 Å². The molecule has 0 aliphatic rings. The molecule has 0 bridgehead atoms. The first-order valence-corrected chi connectivity index (χ1v) is 9.68. The van der Waals surface area contributed by atoms with Gasteiger partial charge in [-0.15, -0.1) is 0 Å². The van der Waals surface area contributed by atoms with Crippen molar-refractivity contribution >= 4 is 23.5 Å². The molecule has 0 aromatic heterocycles. The van der Waals surface area contributed by atoms with Crippen LogP contribution in [0.25, 0.3) is 0 Å². The van der Waals surface area contributed by atoms with Crippen molar-refractivity contribution in [1.82, 2.24) is 0 Å². The molecule has 2 N–H and O–H groups in total. The van der Waals surface area contributed by atoms with Crippen LogP contribution in [0.5, 0.6) is 23.0 Å². The van der Waals surface area contributed by atoms with Gasteiger partial charge in [0.2, 0.25) is 0 Å². The van der Waals surface area contributed by atoms with E-state index in [-0.39, 0.29) is 11.7 Å². The average molecular weight is 420 g/mol. The number of aromatic hydroxyl groups is 1. The second-order valence-corrected chi connectivity index (χ2v) is 6.43. The van der Waals surface area contributed by atoms with E-state index in [1.54, 1.807) is 54.6 Å². The van der Waals surface area contributed by atoms with Gasteiger partial charge >= 0.3 is 0 Å². The Hall–Kier alpha value is -4.00. The zero-order valence-electron chi connectivity index (χ0n) is 17.6. The second-order valence-electron chi connectivity index (χ2n) is 6.43. The number of hydrogen-bond donors (Lipinski definition) is 2. The minimum absolute atomic E-state index is 0.00535. The molecule has 0 spiro atoms. The third kappa shape index (κ3) is 5.14. The van der Waals surface area contributed by atoms with E-state index >= 15 is 0 Å². The lowest BCUT2D eigenvalue weighted by molar-refractivity contribution is 0.102. The summed E-state index contributed by atoms with van der Waals surface area (Å²) in [5.74, 6) is 0.973. The Morgan fingerprint density at radius 1 is 1.00 bits per heavy atom. The standard InChI is InChI=1S/C24H24N2O5/c1-4-31-20-12-8-11-17(23(20)27)15-25-18-13-22(30-3)19(14-21(18)29-2)26-24(28)16-9-6-5-7-10-16/h5-15,27H,4H2,1-3H3,(H,26,28). The number of nitrogens with zero attached hydrogens (tertiary/aromatic N) is 1. The maximum Gasteiger partial charge on any atom is 0.255 e. The van der Waals surface area contributed by atoms with Gasteiger partial charge in [-0.25, -0.2) is 0 Å². The molecule has 0 radical (unpaired) electrons. The summed E-state index contributed by atoms with van der Waals surface area (Å²) in [6.07, 6.45) is 1.51. The van der Waals surface area contributed by atoms with Crippen molar-refractivity contribution in [2.45, 2.75) is 6.92 Å². The molecule has 3 aromatic carbocycles. The number of aliphatic imine (C=N–C) groups is 1. The summed E-state index contributed by atoms with van der Waals surface area (Å²) < 4.78 is 16.3. The molecule has 7 nitrogen and oxygen atoms in total. The van der Waals surface area contributed by atoms with Crippen molar-refractivity contribution < 1.29 is 24.1 Å². The molecule has 3 rings (SSSR count). The number of benzene rings is 3. The Morgan fingerprint density at radius 3 is 2.42 bits per heavy atom. The highest BCUT2D eigenvalue weighted by atomic mass is 16.5. The first-order chi connectivity index (χ1) is 15.1. The summed E-state index contributed by atoms with van der Waals surface area (Å²) in [6.45, 7) is 2.28.